The fourth-order valence-corrected chi connectivity index (χ4v) is 6.66. The number of methoxy groups -OCH3 is 2. The maximum atomic E-state index is 12.6. The van der Waals surface area contributed by atoms with E-state index in [1.54, 1.807) is 7.11 Å². The van der Waals surface area contributed by atoms with Crippen molar-refractivity contribution in [2.45, 2.75) is 75.3 Å². The lowest BCUT2D eigenvalue weighted by molar-refractivity contribution is -0.155. The quantitative estimate of drug-likeness (QED) is 0.236. The number of carbonyl (C=O) groups is 2. The largest absolute Gasteiger partial charge is 0.469 e. The molecular formula is C26H35NO7. The monoisotopic (exact) mass is 473 g/mol. The van der Waals surface area contributed by atoms with Gasteiger partial charge in [-0.05, 0) is 76.1 Å². The van der Waals surface area contributed by atoms with Crippen molar-refractivity contribution in [3.63, 3.8) is 0 Å². The van der Waals surface area contributed by atoms with Gasteiger partial charge in [0, 0.05) is 37.0 Å². The van der Waals surface area contributed by atoms with Crippen LogP contribution < -0.4 is 9.47 Å². The molecule has 0 radical (unpaired) electrons. The topological polar surface area (TPSA) is 86.8 Å². The minimum atomic E-state index is -0.240. The summed E-state index contributed by atoms with van der Waals surface area (Å²) >= 11 is 0. The van der Waals surface area contributed by atoms with Gasteiger partial charge < -0.3 is 28.6 Å². The molecule has 0 amide bonds. The molecule has 2 aliphatic heterocycles. The van der Waals surface area contributed by atoms with Gasteiger partial charge in [0.25, 0.3) is 0 Å². The summed E-state index contributed by atoms with van der Waals surface area (Å²) in [5.41, 5.74) is 2.59. The number of likely N-dealkylation sites (N-methyl/N-ethyl adjacent to an activating group) is 1. The molecule has 0 N–H and O–H groups in total. The van der Waals surface area contributed by atoms with Gasteiger partial charge in [-0.2, -0.15) is 0 Å². The van der Waals surface area contributed by atoms with Crippen molar-refractivity contribution >= 4 is 11.9 Å². The van der Waals surface area contributed by atoms with Crippen LogP contribution in [0.2, 0.25) is 0 Å². The van der Waals surface area contributed by atoms with E-state index in [0.717, 1.165) is 55.9 Å². The number of esters is 2. The molecule has 1 aromatic rings. The standard InChI is InChI=1S/C26H35NO7/c1-27-11-10-26-14-16(33-23(29)7-5-4-6-22(28)31-3)8-9-18(26)20(27)12-17-19(26)13-21(32-15-30-2)25-24(17)34-25/h13,16,18,20H,4-12,14-15H2,1-3H3/t16-,18-,20+,26-/m0/s1. The van der Waals surface area contributed by atoms with Crippen molar-refractivity contribution in [3.05, 3.63) is 17.2 Å². The molecule has 0 aromatic heterocycles. The molecule has 1 saturated heterocycles. The van der Waals surface area contributed by atoms with Gasteiger partial charge in [-0.3, -0.25) is 9.59 Å². The fraction of sp³-hybridized carbons (Fsp3) is 0.692. The molecule has 4 aliphatic rings. The summed E-state index contributed by atoms with van der Waals surface area (Å²) in [4.78, 5) is 26.4. The van der Waals surface area contributed by atoms with Crippen LogP contribution in [0.3, 0.4) is 0 Å². The minimum absolute atomic E-state index is 0.0367. The van der Waals surface area contributed by atoms with Crippen LogP contribution in [0.5, 0.6) is 17.2 Å². The number of hydrogen-bond acceptors (Lipinski definition) is 8. The van der Waals surface area contributed by atoms with E-state index in [2.05, 4.69) is 22.8 Å². The van der Waals surface area contributed by atoms with Gasteiger partial charge in [0.1, 0.15) is 6.10 Å². The Balaban J connectivity index is 1.33. The van der Waals surface area contributed by atoms with Gasteiger partial charge in [0.15, 0.2) is 18.3 Å². The van der Waals surface area contributed by atoms with Gasteiger partial charge >= 0.3 is 11.9 Å². The Hall–Kier alpha value is -2.32. The van der Waals surface area contributed by atoms with E-state index in [0.29, 0.717) is 37.6 Å². The molecule has 186 valence electrons. The van der Waals surface area contributed by atoms with Crippen LogP contribution in [-0.2, 0) is 35.6 Å². The summed E-state index contributed by atoms with van der Waals surface area (Å²) in [5.74, 6) is 2.70. The second-order valence-corrected chi connectivity index (χ2v) is 10.2. The van der Waals surface area contributed by atoms with Crippen LogP contribution in [0.4, 0.5) is 0 Å². The second-order valence-electron chi connectivity index (χ2n) is 10.2. The van der Waals surface area contributed by atoms with Crippen LogP contribution in [0.15, 0.2) is 6.07 Å². The number of benzene rings is 1. The summed E-state index contributed by atoms with van der Waals surface area (Å²) in [6.45, 7) is 1.22. The number of piperidine rings is 1. The molecule has 0 unspecified atom stereocenters. The third-order valence-corrected chi connectivity index (χ3v) is 8.33. The predicted octanol–water partition coefficient (Wildman–Crippen LogP) is 3.72. The molecule has 4 atom stereocenters. The van der Waals surface area contributed by atoms with Crippen molar-refractivity contribution in [1.82, 2.24) is 4.90 Å². The number of rotatable bonds is 9. The predicted molar refractivity (Wildman–Crippen MR) is 123 cm³/mol. The molecule has 0 spiro atoms. The first-order chi connectivity index (χ1) is 16.5. The van der Waals surface area contributed by atoms with Gasteiger partial charge in [-0.1, -0.05) is 0 Å². The van der Waals surface area contributed by atoms with Gasteiger partial charge in [0.05, 0.1) is 7.11 Å². The van der Waals surface area contributed by atoms with Crippen LogP contribution in [0.25, 0.3) is 0 Å². The number of carbonyl (C=O) groups excluding carboxylic acids is 2. The molecule has 2 aliphatic carbocycles. The van der Waals surface area contributed by atoms with Crippen LogP contribution >= 0.6 is 0 Å². The Morgan fingerprint density at radius 3 is 2.71 bits per heavy atom. The zero-order chi connectivity index (χ0) is 23.9. The summed E-state index contributed by atoms with van der Waals surface area (Å²) in [6, 6.07) is 2.65. The van der Waals surface area contributed by atoms with Crippen molar-refractivity contribution in [1.29, 1.82) is 0 Å². The maximum Gasteiger partial charge on any atom is 0.306 e. The molecule has 2 fully saturated rings. The molecule has 1 saturated carbocycles. The van der Waals surface area contributed by atoms with Crippen LogP contribution in [-0.4, -0.2) is 63.6 Å². The highest BCUT2D eigenvalue weighted by Crippen LogP contribution is 2.64. The van der Waals surface area contributed by atoms with Gasteiger partial charge in [0.2, 0.25) is 5.75 Å². The second kappa shape index (κ2) is 9.38. The molecule has 8 nitrogen and oxygen atoms in total. The summed E-state index contributed by atoms with van der Waals surface area (Å²) in [7, 11) is 5.23. The van der Waals surface area contributed by atoms with Crippen LogP contribution in [0.1, 0.15) is 62.5 Å². The average Bonchev–Trinajstić information content (AvgIpc) is 3.64. The van der Waals surface area contributed by atoms with Crippen molar-refractivity contribution in [3.8, 4) is 17.2 Å². The van der Waals surface area contributed by atoms with Crippen molar-refractivity contribution < 1.29 is 33.3 Å². The highest BCUT2D eigenvalue weighted by molar-refractivity contribution is 5.72. The number of nitrogens with zero attached hydrogens (tertiary/aromatic N) is 1. The van der Waals surface area contributed by atoms with Gasteiger partial charge in [-0.25, -0.2) is 0 Å². The number of fused-ring (bicyclic) bond motifs is 3. The Bertz CT molecular complexity index is 963. The smallest absolute Gasteiger partial charge is 0.306 e. The van der Waals surface area contributed by atoms with E-state index in [1.807, 2.05) is 0 Å². The third kappa shape index (κ3) is 4.15. The molecule has 2 heterocycles. The Morgan fingerprint density at radius 2 is 1.94 bits per heavy atom. The maximum absolute atomic E-state index is 12.6. The highest BCUT2D eigenvalue weighted by atomic mass is 16.7. The molecule has 2 bridgehead atoms. The summed E-state index contributed by atoms with van der Waals surface area (Å²) in [6.07, 6.45) is 6.66. The molecule has 1 aromatic carbocycles. The van der Waals surface area contributed by atoms with E-state index < -0.39 is 0 Å². The SMILES string of the molecule is COCOc1cc2c(c3c1O3)C[C@@H]1[C@@H]3CC[C@H](OC(=O)CCCCC(=O)OC)C[C@]23CCN1C. The molecule has 5 rings (SSSR count). The first kappa shape index (κ1) is 23.4. The number of unbranched alkanes of at least 4 members (excludes halogenated alkanes) is 1. The van der Waals surface area contributed by atoms with E-state index in [9.17, 15) is 9.59 Å². The fourth-order valence-electron chi connectivity index (χ4n) is 6.66. The molecule has 34 heavy (non-hydrogen) atoms. The molecular weight excluding hydrogens is 438 g/mol. The minimum Gasteiger partial charge on any atom is -0.469 e. The Labute approximate surface area is 200 Å². The normalized spacial score (nSPS) is 28.6. The van der Waals surface area contributed by atoms with Gasteiger partial charge in [-0.15, -0.1) is 0 Å². The zero-order valence-electron chi connectivity index (χ0n) is 20.4. The van der Waals surface area contributed by atoms with Crippen molar-refractivity contribution in [2.24, 2.45) is 5.92 Å². The molecule has 8 heteroatoms. The average molecular weight is 474 g/mol. The van der Waals surface area contributed by atoms with E-state index in [1.165, 1.54) is 18.2 Å². The third-order valence-electron chi connectivity index (χ3n) is 8.33. The highest BCUT2D eigenvalue weighted by Gasteiger charge is 2.57. The Kier molecular flexibility index (Phi) is 6.46. The van der Waals surface area contributed by atoms with E-state index >= 15 is 0 Å². The number of ether oxygens (including phenoxy) is 5. The summed E-state index contributed by atoms with van der Waals surface area (Å²) in [5, 5.41) is 0. The first-order valence-electron chi connectivity index (χ1n) is 12.4. The lowest BCUT2D eigenvalue weighted by Crippen LogP contribution is -2.61. The zero-order valence-corrected chi connectivity index (χ0v) is 20.4. The number of likely N-dealkylation sites (tertiary alicyclic amines) is 1. The number of hydrogen-bond donors (Lipinski definition) is 0. The van der Waals surface area contributed by atoms with E-state index in [4.69, 9.17) is 18.9 Å². The lowest BCUT2D eigenvalue weighted by Gasteiger charge is -2.59. The lowest BCUT2D eigenvalue weighted by atomic mass is 9.52. The summed E-state index contributed by atoms with van der Waals surface area (Å²) < 4.78 is 27.5. The van der Waals surface area contributed by atoms with E-state index in [-0.39, 0.29) is 30.3 Å². The van der Waals surface area contributed by atoms with Crippen LogP contribution in [0, 0.1) is 5.92 Å². The first-order valence-corrected chi connectivity index (χ1v) is 12.4. The Morgan fingerprint density at radius 1 is 1.15 bits per heavy atom. The van der Waals surface area contributed by atoms with Crippen molar-refractivity contribution in [2.75, 3.05) is 34.6 Å².